The Morgan fingerprint density at radius 2 is 2.00 bits per heavy atom. The number of carbonyl (C=O) groups excluding carboxylic acids is 1. The molecule has 1 unspecified atom stereocenters. The molecule has 3 aliphatic rings. The Kier molecular flexibility index (Phi) is 7.17. The highest BCUT2D eigenvalue weighted by Crippen LogP contribution is 2.33. The molecule has 7 nitrogen and oxygen atoms in total. The highest BCUT2D eigenvalue weighted by atomic mass is 32.2. The van der Waals surface area contributed by atoms with Crippen molar-refractivity contribution >= 4 is 29.3 Å². The van der Waals surface area contributed by atoms with E-state index in [4.69, 9.17) is 4.74 Å². The summed E-state index contributed by atoms with van der Waals surface area (Å²) < 4.78 is 5.56. The molecule has 0 saturated carbocycles. The number of hydrogen-bond donors (Lipinski definition) is 2. The van der Waals surface area contributed by atoms with Gasteiger partial charge in [0.15, 0.2) is 5.96 Å². The van der Waals surface area contributed by atoms with Crippen LogP contribution in [0.1, 0.15) is 24.8 Å². The van der Waals surface area contributed by atoms with Gasteiger partial charge in [0, 0.05) is 63.2 Å². The van der Waals surface area contributed by atoms with Gasteiger partial charge in [-0.15, -0.1) is 0 Å². The fourth-order valence-corrected chi connectivity index (χ4v) is 5.98. The van der Waals surface area contributed by atoms with Crippen molar-refractivity contribution in [3.05, 3.63) is 29.8 Å². The Morgan fingerprint density at radius 1 is 1.20 bits per heavy atom. The number of guanidine groups is 1. The molecule has 0 spiro atoms. The summed E-state index contributed by atoms with van der Waals surface area (Å²) in [7, 11) is 1.82. The maximum atomic E-state index is 11.9. The summed E-state index contributed by atoms with van der Waals surface area (Å²) in [4.78, 5) is 20.8. The average molecular weight is 432 g/mol. The highest BCUT2D eigenvalue weighted by molar-refractivity contribution is 7.99. The number of nitrogens with one attached hydrogen (secondary N) is 2. The van der Waals surface area contributed by atoms with E-state index in [2.05, 4.69) is 32.7 Å². The zero-order valence-corrected chi connectivity index (χ0v) is 18.7. The lowest BCUT2D eigenvalue weighted by Crippen LogP contribution is -2.60. The Labute approximate surface area is 183 Å². The molecule has 4 rings (SSSR count). The van der Waals surface area contributed by atoms with E-state index >= 15 is 0 Å². The van der Waals surface area contributed by atoms with Crippen molar-refractivity contribution in [1.82, 2.24) is 15.5 Å². The highest BCUT2D eigenvalue weighted by Gasteiger charge is 2.40. The minimum atomic E-state index is 0.190. The van der Waals surface area contributed by atoms with Gasteiger partial charge in [0.25, 0.3) is 0 Å². The molecule has 1 atom stereocenters. The van der Waals surface area contributed by atoms with Crippen molar-refractivity contribution in [2.45, 2.75) is 31.3 Å². The van der Waals surface area contributed by atoms with E-state index in [-0.39, 0.29) is 11.4 Å². The number of morpholine rings is 1. The molecule has 0 bridgehead atoms. The molecule has 3 heterocycles. The van der Waals surface area contributed by atoms with Gasteiger partial charge in [0.2, 0.25) is 5.91 Å². The minimum absolute atomic E-state index is 0.190. The molecule has 164 valence electrons. The van der Waals surface area contributed by atoms with Gasteiger partial charge in [-0.2, -0.15) is 11.8 Å². The van der Waals surface area contributed by atoms with Gasteiger partial charge in [0.1, 0.15) is 0 Å². The zero-order valence-electron chi connectivity index (χ0n) is 17.9. The summed E-state index contributed by atoms with van der Waals surface area (Å²) >= 11 is 2.05. The van der Waals surface area contributed by atoms with E-state index in [1.807, 2.05) is 35.8 Å². The number of carbonyl (C=O) groups is 1. The number of anilines is 1. The molecule has 1 aromatic rings. The number of thioether (sulfide) groups is 1. The van der Waals surface area contributed by atoms with Crippen molar-refractivity contribution in [2.75, 3.05) is 62.8 Å². The van der Waals surface area contributed by atoms with Crippen LogP contribution in [0, 0.1) is 0 Å². The van der Waals surface area contributed by atoms with Crippen molar-refractivity contribution in [2.24, 2.45) is 4.99 Å². The monoisotopic (exact) mass is 431 g/mol. The number of nitrogens with zero attached hydrogens (tertiary/aromatic N) is 3. The van der Waals surface area contributed by atoms with Crippen molar-refractivity contribution in [3.63, 3.8) is 0 Å². The Balaban J connectivity index is 1.30. The second-order valence-corrected chi connectivity index (χ2v) is 9.33. The van der Waals surface area contributed by atoms with Gasteiger partial charge in [-0.1, -0.05) is 12.1 Å². The van der Waals surface area contributed by atoms with E-state index in [1.165, 1.54) is 17.7 Å². The third-order valence-electron chi connectivity index (χ3n) is 6.35. The van der Waals surface area contributed by atoms with Crippen LogP contribution in [-0.4, -0.2) is 80.3 Å². The lowest BCUT2D eigenvalue weighted by atomic mass is 9.95. The van der Waals surface area contributed by atoms with Gasteiger partial charge in [0.05, 0.1) is 13.2 Å². The Hall–Kier alpha value is -1.77. The van der Waals surface area contributed by atoms with Crippen LogP contribution in [0.15, 0.2) is 29.3 Å². The van der Waals surface area contributed by atoms with Crippen LogP contribution in [0.5, 0.6) is 0 Å². The van der Waals surface area contributed by atoms with Crippen LogP contribution < -0.4 is 15.5 Å². The maximum Gasteiger partial charge on any atom is 0.227 e. The van der Waals surface area contributed by atoms with Crippen molar-refractivity contribution in [3.8, 4) is 0 Å². The van der Waals surface area contributed by atoms with Crippen LogP contribution in [0.4, 0.5) is 5.69 Å². The van der Waals surface area contributed by atoms with Crippen LogP contribution in [0.3, 0.4) is 0 Å². The molecule has 0 aliphatic carbocycles. The van der Waals surface area contributed by atoms with E-state index in [0.29, 0.717) is 13.0 Å². The van der Waals surface area contributed by atoms with Gasteiger partial charge in [-0.3, -0.25) is 14.7 Å². The Morgan fingerprint density at radius 3 is 2.63 bits per heavy atom. The van der Waals surface area contributed by atoms with Crippen LogP contribution in [-0.2, 0) is 16.1 Å². The molecule has 8 heteroatoms. The van der Waals surface area contributed by atoms with Gasteiger partial charge >= 0.3 is 0 Å². The van der Waals surface area contributed by atoms with E-state index in [9.17, 15) is 4.79 Å². The lowest BCUT2D eigenvalue weighted by Gasteiger charge is -2.43. The zero-order chi connectivity index (χ0) is 20.8. The molecule has 2 N–H and O–H groups in total. The first kappa shape index (κ1) is 21.5. The standard InChI is InChI=1S/C22H33N5O2S/c1-23-21(25-16-22(8-14-30-17-22)26-10-12-29-13-11-26)24-15-18-4-6-19(7-5-18)27-9-2-3-20(27)28/h4-7H,2-3,8-17H2,1H3,(H2,23,24,25). The van der Waals surface area contributed by atoms with Crippen molar-refractivity contribution in [1.29, 1.82) is 0 Å². The first-order chi connectivity index (χ1) is 14.7. The van der Waals surface area contributed by atoms with E-state index < -0.39 is 0 Å². The largest absolute Gasteiger partial charge is 0.379 e. The fourth-order valence-electron chi connectivity index (χ4n) is 4.50. The molecule has 3 aliphatic heterocycles. The van der Waals surface area contributed by atoms with Crippen LogP contribution in [0.2, 0.25) is 0 Å². The smallest absolute Gasteiger partial charge is 0.227 e. The second kappa shape index (κ2) is 10.0. The number of aliphatic imine (C=N–C) groups is 1. The SMILES string of the molecule is CN=C(NCc1ccc(N2CCCC2=O)cc1)NCC1(N2CCOCC2)CCSC1. The normalized spacial score (nSPS) is 25.7. The molecule has 1 aromatic carbocycles. The third kappa shape index (κ3) is 4.92. The third-order valence-corrected chi connectivity index (χ3v) is 7.59. The molecule has 1 amide bonds. The van der Waals surface area contributed by atoms with E-state index in [0.717, 1.165) is 63.2 Å². The number of hydrogen-bond acceptors (Lipinski definition) is 5. The van der Waals surface area contributed by atoms with Gasteiger partial charge < -0.3 is 20.3 Å². The molecular formula is C22H33N5O2S. The van der Waals surface area contributed by atoms with Gasteiger partial charge in [-0.25, -0.2) is 0 Å². The van der Waals surface area contributed by atoms with Crippen LogP contribution in [0.25, 0.3) is 0 Å². The van der Waals surface area contributed by atoms with Crippen LogP contribution >= 0.6 is 11.8 Å². The number of benzene rings is 1. The topological polar surface area (TPSA) is 69.2 Å². The maximum absolute atomic E-state index is 11.9. The lowest BCUT2D eigenvalue weighted by molar-refractivity contribution is -0.117. The van der Waals surface area contributed by atoms with Crippen molar-refractivity contribution < 1.29 is 9.53 Å². The number of rotatable bonds is 6. The summed E-state index contributed by atoms with van der Waals surface area (Å²) in [5.41, 5.74) is 2.36. The summed E-state index contributed by atoms with van der Waals surface area (Å²) in [6.07, 6.45) is 2.82. The molecule has 3 fully saturated rings. The van der Waals surface area contributed by atoms with Gasteiger partial charge in [-0.05, 0) is 36.3 Å². The predicted octanol–water partition coefficient (Wildman–Crippen LogP) is 1.69. The first-order valence-corrected chi connectivity index (χ1v) is 12.1. The quantitative estimate of drug-likeness (QED) is 0.528. The first-order valence-electron chi connectivity index (χ1n) is 10.9. The Bertz CT molecular complexity index is 742. The summed E-state index contributed by atoms with van der Waals surface area (Å²) in [5.74, 6) is 3.44. The molecular weight excluding hydrogens is 398 g/mol. The summed E-state index contributed by atoms with van der Waals surface area (Å²) in [6, 6.07) is 8.26. The summed E-state index contributed by atoms with van der Waals surface area (Å²) in [5, 5.41) is 7.01. The molecule has 3 saturated heterocycles. The minimum Gasteiger partial charge on any atom is -0.379 e. The number of amides is 1. The number of ether oxygens (including phenoxy) is 1. The summed E-state index contributed by atoms with van der Waals surface area (Å²) in [6.45, 7) is 6.12. The molecule has 0 radical (unpaired) electrons. The molecule has 30 heavy (non-hydrogen) atoms. The molecule has 0 aromatic heterocycles. The average Bonchev–Trinajstić information content (AvgIpc) is 3.45. The van der Waals surface area contributed by atoms with E-state index in [1.54, 1.807) is 0 Å². The second-order valence-electron chi connectivity index (χ2n) is 8.22. The fraction of sp³-hybridized carbons (Fsp3) is 0.636. The predicted molar refractivity (Wildman–Crippen MR) is 123 cm³/mol.